The Balaban J connectivity index is 1.64. The largest absolute Gasteiger partial charge is 0.475 e. The first-order chi connectivity index (χ1) is 10.1. The van der Waals surface area contributed by atoms with Crippen LogP contribution < -0.4 is 14.8 Å². The Morgan fingerprint density at radius 1 is 1.10 bits per heavy atom. The predicted molar refractivity (Wildman–Crippen MR) is 69.4 cm³/mol. The number of benzene rings is 1. The molecule has 0 aliphatic carbocycles. The zero-order valence-electron chi connectivity index (χ0n) is 10.8. The minimum Gasteiger partial charge on any atom is -0.475 e. The summed E-state index contributed by atoms with van der Waals surface area (Å²) in [6, 6.07) is 7.89. The van der Waals surface area contributed by atoms with Crippen LogP contribution in [0.4, 0.5) is 0 Å². The molecule has 0 radical (unpaired) electrons. The number of carboxylic acid groups (broad SMARTS) is 1. The molecule has 1 aliphatic rings. The van der Waals surface area contributed by atoms with E-state index in [1.165, 1.54) is 12.1 Å². The number of hydrogen-bond acceptors (Lipinski definition) is 5. The summed E-state index contributed by atoms with van der Waals surface area (Å²) in [6.45, 7) is 0.452. The summed E-state index contributed by atoms with van der Waals surface area (Å²) in [6.07, 6.45) is 0. The highest BCUT2D eigenvalue weighted by atomic mass is 16.7. The monoisotopic (exact) mass is 289 g/mol. The van der Waals surface area contributed by atoms with Gasteiger partial charge in [-0.1, -0.05) is 6.07 Å². The molecule has 0 fully saturated rings. The van der Waals surface area contributed by atoms with Gasteiger partial charge in [0.15, 0.2) is 17.3 Å². The maximum absolute atomic E-state index is 11.8. The molecule has 7 nitrogen and oxygen atoms in total. The number of nitrogens with one attached hydrogen (secondary N) is 1. The van der Waals surface area contributed by atoms with Gasteiger partial charge in [-0.3, -0.25) is 4.79 Å². The van der Waals surface area contributed by atoms with Crippen molar-refractivity contribution in [3.05, 3.63) is 47.4 Å². The van der Waals surface area contributed by atoms with Crippen LogP contribution in [0.3, 0.4) is 0 Å². The minimum absolute atomic E-state index is 0.0480. The first kappa shape index (κ1) is 13.0. The van der Waals surface area contributed by atoms with Crippen LogP contribution in [0, 0.1) is 0 Å². The summed E-state index contributed by atoms with van der Waals surface area (Å²) in [5, 5.41) is 11.4. The van der Waals surface area contributed by atoms with Gasteiger partial charge in [0.05, 0.1) is 0 Å². The molecule has 2 N–H and O–H groups in total. The average molecular weight is 289 g/mol. The SMILES string of the molecule is O=C(O)c1ccc(C(=O)NCc2ccc3c(c2)OCO3)o1. The van der Waals surface area contributed by atoms with Crippen molar-refractivity contribution in [2.45, 2.75) is 6.54 Å². The van der Waals surface area contributed by atoms with Crippen molar-refractivity contribution in [3.63, 3.8) is 0 Å². The standard InChI is InChI=1S/C14H11NO6/c16-13(10-3-4-11(21-10)14(17)18)15-6-8-1-2-9-12(5-8)20-7-19-9/h1-5H,6-7H2,(H,15,16)(H,17,18). The van der Waals surface area contributed by atoms with E-state index in [0.717, 1.165) is 5.56 Å². The van der Waals surface area contributed by atoms with E-state index in [4.69, 9.17) is 19.0 Å². The van der Waals surface area contributed by atoms with Gasteiger partial charge in [-0.05, 0) is 29.8 Å². The number of carbonyl (C=O) groups excluding carboxylic acids is 1. The minimum atomic E-state index is -1.22. The fourth-order valence-electron chi connectivity index (χ4n) is 1.90. The molecule has 21 heavy (non-hydrogen) atoms. The second-order valence-electron chi connectivity index (χ2n) is 4.34. The van der Waals surface area contributed by atoms with E-state index in [1.807, 2.05) is 0 Å². The number of rotatable bonds is 4. The van der Waals surface area contributed by atoms with Gasteiger partial charge < -0.3 is 24.3 Å². The van der Waals surface area contributed by atoms with Crippen molar-refractivity contribution in [2.75, 3.05) is 6.79 Å². The van der Waals surface area contributed by atoms with E-state index in [9.17, 15) is 9.59 Å². The molecular weight excluding hydrogens is 278 g/mol. The molecule has 0 saturated carbocycles. The Morgan fingerprint density at radius 3 is 2.62 bits per heavy atom. The third-order valence-corrected chi connectivity index (χ3v) is 2.93. The molecular formula is C14H11NO6. The Hall–Kier alpha value is -2.96. The van der Waals surface area contributed by atoms with Gasteiger partial charge in [-0.2, -0.15) is 0 Å². The van der Waals surface area contributed by atoms with Gasteiger partial charge in [-0.15, -0.1) is 0 Å². The molecule has 7 heteroatoms. The van der Waals surface area contributed by atoms with Crippen molar-refractivity contribution < 1.29 is 28.6 Å². The van der Waals surface area contributed by atoms with Crippen molar-refractivity contribution in [3.8, 4) is 11.5 Å². The van der Waals surface area contributed by atoms with Crippen molar-refractivity contribution in [2.24, 2.45) is 0 Å². The lowest BCUT2D eigenvalue weighted by Gasteiger charge is -2.04. The van der Waals surface area contributed by atoms with E-state index in [0.29, 0.717) is 11.5 Å². The Kier molecular flexibility index (Phi) is 3.23. The summed E-state index contributed by atoms with van der Waals surface area (Å²) in [5.74, 6) is -0.725. The van der Waals surface area contributed by atoms with Crippen LogP contribution in [0.15, 0.2) is 34.7 Å². The highest BCUT2D eigenvalue weighted by molar-refractivity contribution is 5.93. The summed E-state index contributed by atoms with van der Waals surface area (Å²) >= 11 is 0. The first-order valence-corrected chi connectivity index (χ1v) is 6.13. The predicted octanol–water partition coefficient (Wildman–Crippen LogP) is 1.64. The molecule has 108 valence electrons. The van der Waals surface area contributed by atoms with E-state index >= 15 is 0 Å². The maximum Gasteiger partial charge on any atom is 0.371 e. The lowest BCUT2D eigenvalue weighted by molar-refractivity contribution is 0.0659. The molecule has 1 aromatic carbocycles. The second-order valence-corrected chi connectivity index (χ2v) is 4.34. The molecule has 1 aromatic heterocycles. The molecule has 1 aliphatic heterocycles. The van der Waals surface area contributed by atoms with E-state index in [-0.39, 0.29) is 24.9 Å². The van der Waals surface area contributed by atoms with Crippen LogP contribution >= 0.6 is 0 Å². The quantitative estimate of drug-likeness (QED) is 0.887. The molecule has 0 unspecified atom stereocenters. The lowest BCUT2D eigenvalue weighted by atomic mass is 10.2. The third-order valence-electron chi connectivity index (χ3n) is 2.93. The molecule has 0 bridgehead atoms. The molecule has 2 aromatic rings. The van der Waals surface area contributed by atoms with Gasteiger partial charge in [0, 0.05) is 6.54 Å². The van der Waals surface area contributed by atoms with Crippen LogP contribution in [-0.2, 0) is 6.54 Å². The zero-order chi connectivity index (χ0) is 14.8. The lowest BCUT2D eigenvalue weighted by Crippen LogP contribution is -2.22. The summed E-state index contributed by atoms with van der Waals surface area (Å²) in [7, 11) is 0. The Bertz CT molecular complexity index is 705. The van der Waals surface area contributed by atoms with Crippen molar-refractivity contribution in [1.29, 1.82) is 0 Å². The first-order valence-electron chi connectivity index (χ1n) is 6.13. The second kappa shape index (κ2) is 5.20. The van der Waals surface area contributed by atoms with Gasteiger partial charge in [0.1, 0.15) is 0 Å². The Morgan fingerprint density at radius 2 is 1.86 bits per heavy atom. The highest BCUT2D eigenvalue weighted by Gasteiger charge is 2.16. The highest BCUT2D eigenvalue weighted by Crippen LogP contribution is 2.32. The van der Waals surface area contributed by atoms with Gasteiger partial charge in [-0.25, -0.2) is 4.79 Å². The van der Waals surface area contributed by atoms with Crippen LogP contribution in [0.5, 0.6) is 11.5 Å². The number of carbonyl (C=O) groups is 2. The molecule has 2 heterocycles. The van der Waals surface area contributed by atoms with Crippen LogP contribution in [-0.4, -0.2) is 23.8 Å². The van der Waals surface area contributed by atoms with E-state index in [2.05, 4.69) is 5.32 Å². The zero-order valence-corrected chi connectivity index (χ0v) is 10.8. The average Bonchev–Trinajstić information content (AvgIpc) is 3.12. The normalized spacial score (nSPS) is 12.2. The van der Waals surface area contributed by atoms with E-state index in [1.54, 1.807) is 18.2 Å². The number of ether oxygens (including phenoxy) is 2. The number of carboxylic acids is 1. The number of hydrogen-bond donors (Lipinski definition) is 2. The van der Waals surface area contributed by atoms with Crippen molar-refractivity contribution >= 4 is 11.9 Å². The number of fused-ring (bicyclic) bond motifs is 1. The summed E-state index contributed by atoms with van der Waals surface area (Å²) < 4.78 is 15.3. The smallest absolute Gasteiger partial charge is 0.371 e. The summed E-state index contributed by atoms with van der Waals surface area (Å²) in [4.78, 5) is 22.5. The number of aromatic carboxylic acids is 1. The van der Waals surface area contributed by atoms with E-state index < -0.39 is 11.9 Å². The van der Waals surface area contributed by atoms with Gasteiger partial charge >= 0.3 is 5.97 Å². The molecule has 1 amide bonds. The van der Waals surface area contributed by atoms with Crippen LogP contribution in [0.2, 0.25) is 0 Å². The van der Waals surface area contributed by atoms with Gasteiger partial charge in [0.2, 0.25) is 12.6 Å². The fraction of sp³-hybridized carbons (Fsp3) is 0.143. The third kappa shape index (κ3) is 2.66. The molecule has 3 rings (SSSR count). The maximum atomic E-state index is 11.8. The van der Waals surface area contributed by atoms with Crippen molar-refractivity contribution in [1.82, 2.24) is 5.32 Å². The number of amides is 1. The molecule has 0 saturated heterocycles. The topological polar surface area (TPSA) is 98.0 Å². The molecule has 0 spiro atoms. The Labute approximate surface area is 119 Å². The summed E-state index contributed by atoms with van der Waals surface area (Å²) in [5.41, 5.74) is 0.831. The van der Waals surface area contributed by atoms with Crippen LogP contribution in [0.1, 0.15) is 26.7 Å². The number of furan rings is 1. The molecule has 0 atom stereocenters. The fourth-order valence-corrected chi connectivity index (χ4v) is 1.90. The van der Waals surface area contributed by atoms with Crippen LogP contribution in [0.25, 0.3) is 0 Å². The van der Waals surface area contributed by atoms with Gasteiger partial charge in [0.25, 0.3) is 5.91 Å².